The van der Waals surface area contributed by atoms with Crippen molar-refractivity contribution in [1.29, 1.82) is 5.26 Å². The van der Waals surface area contributed by atoms with Crippen LogP contribution in [0.3, 0.4) is 0 Å². The molecule has 0 amide bonds. The van der Waals surface area contributed by atoms with Crippen LogP contribution in [0.4, 0.5) is 0 Å². The number of hydrogen-bond acceptors (Lipinski definition) is 4. The standard InChI is InChI=1S/C14H19N3O/c1-14(11-15)6-8-17(9-7-14)10-12-4-3-5-13(16-12)18-2/h3-5H,6-10H2,1-2H3. The molecule has 2 heterocycles. The smallest absolute Gasteiger partial charge is 0.213 e. The minimum absolute atomic E-state index is 0.141. The Morgan fingerprint density at radius 2 is 2.17 bits per heavy atom. The van der Waals surface area contributed by atoms with Gasteiger partial charge in [-0.2, -0.15) is 5.26 Å². The SMILES string of the molecule is COc1cccc(CN2CCC(C)(C#N)CC2)n1. The average molecular weight is 245 g/mol. The van der Waals surface area contributed by atoms with Gasteiger partial charge in [-0.05, 0) is 25.8 Å². The van der Waals surface area contributed by atoms with Gasteiger partial charge < -0.3 is 4.74 Å². The normalized spacial score (nSPS) is 19.2. The molecule has 1 aromatic heterocycles. The fourth-order valence-electron chi connectivity index (χ4n) is 2.20. The fraction of sp³-hybridized carbons (Fsp3) is 0.571. The van der Waals surface area contributed by atoms with Crippen LogP contribution < -0.4 is 4.74 Å². The van der Waals surface area contributed by atoms with E-state index in [9.17, 15) is 0 Å². The lowest BCUT2D eigenvalue weighted by atomic mass is 9.82. The largest absolute Gasteiger partial charge is 0.481 e. The van der Waals surface area contributed by atoms with Gasteiger partial charge in [0, 0.05) is 25.7 Å². The van der Waals surface area contributed by atoms with Crippen LogP contribution >= 0.6 is 0 Å². The summed E-state index contributed by atoms with van der Waals surface area (Å²) in [7, 11) is 1.63. The lowest BCUT2D eigenvalue weighted by Gasteiger charge is -2.34. The maximum absolute atomic E-state index is 9.10. The third-order valence-electron chi connectivity index (χ3n) is 3.61. The van der Waals surface area contributed by atoms with E-state index in [1.165, 1.54) is 0 Å². The molecule has 0 radical (unpaired) electrons. The zero-order chi connectivity index (χ0) is 13.0. The molecule has 1 fully saturated rings. The molecule has 96 valence electrons. The quantitative estimate of drug-likeness (QED) is 0.819. The molecular formula is C14H19N3O. The molecule has 0 unspecified atom stereocenters. The Balaban J connectivity index is 1.93. The molecule has 4 nitrogen and oxygen atoms in total. The third kappa shape index (κ3) is 2.99. The molecule has 0 spiro atoms. The Labute approximate surface area is 108 Å². The molecule has 4 heteroatoms. The van der Waals surface area contributed by atoms with Crippen molar-refractivity contribution in [3.8, 4) is 11.9 Å². The first-order valence-corrected chi connectivity index (χ1v) is 6.29. The number of hydrogen-bond donors (Lipinski definition) is 0. The number of piperidine rings is 1. The predicted molar refractivity (Wildman–Crippen MR) is 69.0 cm³/mol. The first-order chi connectivity index (χ1) is 8.65. The second-order valence-corrected chi connectivity index (χ2v) is 5.12. The van der Waals surface area contributed by atoms with Gasteiger partial charge in [0.15, 0.2) is 0 Å². The molecule has 1 aromatic rings. The van der Waals surface area contributed by atoms with E-state index < -0.39 is 0 Å². The molecule has 0 atom stereocenters. The van der Waals surface area contributed by atoms with Gasteiger partial charge in [-0.15, -0.1) is 0 Å². The molecular weight excluding hydrogens is 226 g/mol. The van der Waals surface area contributed by atoms with Crippen molar-refractivity contribution in [3.05, 3.63) is 23.9 Å². The number of methoxy groups -OCH3 is 1. The molecule has 1 aliphatic heterocycles. The summed E-state index contributed by atoms with van der Waals surface area (Å²) in [6.45, 7) is 4.80. The van der Waals surface area contributed by atoms with Crippen molar-refractivity contribution in [3.63, 3.8) is 0 Å². The van der Waals surface area contributed by atoms with Gasteiger partial charge >= 0.3 is 0 Å². The van der Waals surface area contributed by atoms with Crippen LogP contribution in [-0.2, 0) is 6.54 Å². The summed E-state index contributed by atoms with van der Waals surface area (Å²) in [4.78, 5) is 6.76. The van der Waals surface area contributed by atoms with Crippen molar-refractivity contribution in [1.82, 2.24) is 9.88 Å². The summed E-state index contributed by atoms with van der Waals surface area (Å²) in [5.41, 5.74) is 0.882. The highest BCUT2D eigenvalue weighted by molar-refractivity contribution is 5.15. The van der Waals surface area contributed by atoms with Gasteiger partial charge in [-0.1, -0.05) is 6.07 Å². The number of aromatic nitrogens is 1. The first-order valence-electron chi connectivity index (χ1n) is 6.29. The number of likely N-dealkylation sites (tertiary alicyclic amines) is 1. The van der Waals surface area contributed by atoms with Crippen LogP contribution in [0, 0.1) is 16.7 Å². The molecule has 0 saturated carbocycles. The summed E-state index contributed by atoms with van der Waals surface area (Å²) in [6.07, 6.45) is 1.88. The van der Waals surface area contributed by atoms with Gasteiger partial charge in [-0.3, -0.25) is 4.90 Å². The Morgan fingerprint density at radius 1 is 1.44 bits per heavy atom. The first kappa shape index (κ1) is 12.8. The van der Waals surface area contributed by atoms with Crippen molar-refractivity contribution in [2.45, 2.75) is 26.3 Å². The van der Waals surface area contributed by atoms with Gasteiger partial charge in [-0.25, -0.2) is 4.98 Å². The van der Waals surface area contributed by atoms with Crippen molar-refractivity contribution < 1.29 is 4.74 Å². The summed E-state index contributed by atoms with van der Waals surface area (Å²) in [6, 6.07) is 8.25. The molecule has 1 aliphatic rings. The summed E-state index contributed by atoms with van der Waals surface area (Å²) >= 11 is 0. The molecule has 0 aliphatic carbocycles. The number of nitrogens with zero attached hydrogens (tertiary/aromatic N) is 3. The van der Waals surface area contributed by atoms with Crippen LogP contribution in [0.2, 0.25) is 0 Å². The fourth-order valence-corrected chi connectivity index (χ4v) is 2.20. The zero-order valence-electron chi connectivity index (χ0n) is 11.0. The van der Waals surface area contributed by atoms with Gasteiger partial charge in [0.2, 0.25) is 5.88 Å². The van der Waals surface area contributed by atoms with Gasteiger partial charge in [0.25, 0.3) is 0 Å². The summed E-state index contributed by atoms with van der Waals surface area (Å²) in [5, 5.41) is 9.10. The molecule has 1 saturated heterocycles. The topological polar surface area (TPSA) is 49.1 Å². The zero-order valence-corrected chi connectivity index (χ0v) is 11.0. The number of nitriles is 1. The monoisotopic (exact) mass is 245 g/mol. The molecule has 0 aromatic carbocycles. The Kier molecular flexibility index (Phi) is 3.83. The van der Waals surface area contributed by atoms with E-state index in [1.807, 2.05) is 25.1 Å². The second-order valence-electron chi connectivity index (χ2n) is 5.12. The highest BCUT2D eigenvalue weighted by atomic mass is 16.5. The van der Waals surface area contributed by atoms with E-state index in [2.05, 4.69) is 16.0 Å². The summed E-state index contributed by atoms with van der Waals surface area (Å²) in [5.74, 6) is 0.659. The van der Waals surface area contributed by atoms with Crippen LogP contribution in [0.25, 0.3) is 0 Å². The highest BCUT2D eigenvalue weighted by Crippen LogP contribution is 2.30. The van der Waals surface area contributed by atoms with E-state index in [0.717, 1.165) is 38.2 Å². The summed E-state index contributed by atoms with van der Waals surface area (Å²) < 4.78 is 5.12. The number of pyridine rings is 1. The van der Waals surface area contributed by atoms with E-state index in [1.54, 1.807) is 7.11 Å². The van der Waals surface area contributed by atoms with Crippen LogP contribution in [-0.4, -0.2) is 30.1 Å². The second kappa shape index (κ2) is 5.36. The minimum atomic E-state index is -0.141. The predicted octanol–water partition coefficient (Wildman–Crippen LogP) is 2.22. The van der Waals surface area contributed by atoms with Crippen molar-refractivity contribution >= 4 is 0 Å². The van der Waals surface area contributed by atoms with E-state index in [4.69, 9.17) is 10.00 Å². The van der Waals surface area contributed by atoms with Crippen molar-refractivity contribution in [2.75, 3.05) is 20.2 Å². The van der Waals surface area contributed by atoms with E-state index >= 15 is 0 Å². The van der Waals surface area contributed by atoms with E-state index in [-0.39, 0.29) is 5.41 Å². The van der Waals surface area contributed by atoms with Crippen molar-refractivity contribution in [2.24, 2.45) is 5.41 Å². The van der Waals surface area contributed by atoms with Crippen LogP contribution in [0.5, 0.6) is 5.88 Å². The Morgan fingerprint density at radius 3 is 2.78 bits per heavy atom. The highest BCUT2D eigenvalue weighted by Gasteiger charge is 2.29. The Hall–Kier alpha value is -1.60. The molecule has 2 rings (SSSR count). The molecule has 0 bridgehead atoms. The number of ether oxygens (including phenoxy) is 1. The molecule has 18 heavy (non-hydrogen) atoms. The van der Waals surface area contributed by atoms with Gasteiger partial charge in [0.1, 0.15) is 0 Å². The maximum atomic E-state index is 9.10. The van der Waals surface area contributed by atoms with Crippen LogP contribution in [0.1, 0.15) is 25.5 Å². The minimum Gasteiger partial charge on any atom is -0.481 e. The average Bonchev–Trinajstić information content (AvgIpc) is 2.42. The Bertz CT molecular complexity index is 445. The van der Waals surface area contributed by atoms with Gasteiger partial charge in [0.05, 0.1) is 24.3 Å². The maximum Gasteiger partial charge on any atom is 0.213 e. The number of rotatable bonds is 3. The van der Waals surface area contributed by atoms with E-state index in [0.29, 0.717) is 5.88 Å². The lowest BCUT2D eigenvalue weighted by Crippen LogP contribution is -2.37. The molecule has 0 N–H and O–H groups in total. The third-order valence-corrected chi connectivity index (χ3v) is 3.61. The van der Waals surface area contributed by atoms with Crippen LogP contribution in [0.15, 0.2) is 18.2 Å². The lowest BCUT2D eigenvalue weighted by molar-refractivity contribution is 0.149.